The van der Waals surface area contributed by atoms with Gasteiger partial charge in [-0.25, -0.2) is 9.78 Å². The van der Waals surface area contributed by atoms with E-state index in [1.54, 1.807) is 6.07 Å². The topological polar surface area (TPSA) is 56.7 Å². The van der Waals surface area contributed by atoms with Gasteiger partial charge in [-0.15, -0.1) is 0 Å². The largest absolute Gasteiger partial charge is 0.477 e. The normalized spacial score (nSPS) is 21.5. The molecule has 0 bridgehead atoms. The van der Waals surface area contributed by atoms with Crippen LogP contribution in [0.3, 0.4) is 0 Å². The fourth-order valence-corrected chi connectivity index (χ4v) is 2.68. The Morgan fingerprint density at radius 2 is 2.32 bits per heavy atom. The molecule has 0 aromatic carbocycles. The number of carbonyl (C=O) groups is 1. The number of hydrogen-bond acceptors (Lipinski definition) is 4. The van der Waals surface area contributed by atoms with Gasteiger partial charge < -0.3 is 5.11 Å². The Labute approximate surface area is 113 Å². The third-order valence-corrected chi connectivity index (χ3v) is 3.74. The summed E-state index contributed by atoms with van der Waals surface area (Å²) in [6.07, 6.45) is 1.53. The molecule has 2 heterocycles. The number of hydrogen-bond donors (Lipinski definition) is 1. The second kappa shape index (κ2) is 6.12. The van der Waals surface area contributed by atoms with Crippen LogP contribution in [0, 0.1) is 0 Å². The highest BCUT2D eigenvalue weighted by Gasteiger charge is 2.23. The first-order chi connectivity index (χ1) is 9.11. The van der Waals surface area contributed by atoms with Gasteiger partial charge in [0.1, 0.15) is 0 Å². The van der Waals surface area contributed by atoms with E-state index in [9.17, 15) is 4.79 Å². The SMILES string of the molecule is CCN1CCN(Cc2cccnc2C(=O)O)CC1C. The maximum Gasteiger partial charge on any atom is 0.354 e. The van der Waals surface area contributed by atoms with Crippen molar-refractivity contribution in [2.75, 3.05) is 26.2 Å². The van der Waals surface area contributed by atoms with Gasteiger partial charge in [-0.05, 0) is 25.1 Å². The molecule has 1 aliphatic heterocycles. The van der Waals surface area contributed by atoms with Crippen LogP contribution in [-0.2, 0) is 6.54 Å². The summed E-state index contributed by atoms with van der Waals surface area (Å²) in [5.41, 5.74) is 0.972. The molecule has 1 N–H and O–H groups in total. The van der Waals surface area contributed by atoms with Crippen molar-refractivity contribution in [3.05, 3.63) is 29.6 Å². The molecule has 0 saturated carbocycles. The van der Waals surface area contributed by atoms with E-state index in [1.807, 2.05) is 6.07 Å². The molecule has 104 valence electrons. The van der Waals surface area contributed by atoms with Crippen LogP contribution in [0.5, 0.6) is 0 Å². The van der Waals surface area contributed by atoms with E-state index >= 15 is 0 Å². The van der Waals surface area contributed by atoms with E-state index in [0.717, 1.165) is 31.7 Å². The number of aromatic nitrogens is 1. The highest BCUT2D eigenvalue weighted by atomic mass is 16.4. The number of rotatable bonds is 4. The van der Waals surface area contributed by atoms with Gasteiger partial charge in [0, 0.05) is 38.4 Å². The Balaban J connectivity index is 2.04. The first-order valence-corrected chi connectivity index (χ1v) is 6.75. The minimum absolute atomic E-state index is 0.174. The third kappa shape index (κ3) is 3.30. The van der Waals surface area contributed by atoms with E-state index in [4.69, 9.17) is 5.11 Å². The summed E-state index contributed by atoms with van der Waals surface area (Å²) >= 11 is 0. The molecule has 0 spiro atoms. The maximum atomic E-state index is 11.1. The minimum Gasteiger partial charge on any atom is -0.477 e. The Kier molecular flexibility index (Phi) is 4.50. The van der Waals surface area contributed by atoms with E-state index in [1.165, 1.54) is 6.20 Å². The Hall–Kier alpha value is -1.46. The fraction of sp³-hybridized carbons (Fsp3) is 0.571. The van der Waals surface area contributed by atoms with Gasteiger partial charge in [-0.1, -0.05) is 13.0 Å². The number of carboxylic acid groups (broad SMARTS) is 1. The zero-order valence-electron chi connectivity index (χ0n) is 11.5. The molecule has 5 heteroatoms. The molecule has 1 fully saturated rings. The molecular weight excluding hydrogens is 242 g/mol. The molecule has 1 atom stereocenters. The highest BCUT2D eigenvalue weighted by molar-refractivity contribution is 5.86. The van der Waals surface area contributed by atoms with Crippen LogP contribution in [0.1, 0.15) is 29.9 Å². The molecule has 1 aromatic heterocycles. The number of aromatic carboxylic acids is 1. The van der Waals surface area contributed by atoms with Crippen LogP contribution in [0.25, 0.3) is 0 Å². The van der Waals surface area contributed by atoms with Crippen LogP contribution < -0.4 is 0 Å². The van der Waals surface area contributed by atoms with Crippen molar-refractivity contribution in [2.45, 2.75) is 26.4 Å². The van der Waals surface area contributed by atoms with Crippen molar-refractivity contribution in [3.8, 4) is 0 Å². The summed E-state index contributed by atoms with van der Waals surface area (Å²) in [4.78, 5) is 19.8. The van der Waals surface area contributed by atoms with Crippen LogP contribution in [0.4, 0.5) is 0 Å². The van der Waals surface area contributed by atoms with Crippen molar-refractivity contribution in [2.24, 2.45) is 0 Å². The maximum absolute atomic E-state index is 11.1. The lowest BCUT2D eigenvalue weighted by atomic mass is 10.1. The number of piperazine rings is 1. The summed E-state index contributed by atoms with van der Waals surface area (Å²) in [5.74, 6) is -0.948. The first-order valence-electron chi connectivity index (χ1n) is 6.75. The van der Waals surface area contributed by atoms with Gasteiger partial charge in [0.15, 0.2) is 5.69 Å². The lowest BCUT2D eigenvalue weighted by Crippen LogP contribution is -2.51. The quantitative estimate of drug-likeness (QED) is 0.887. The molecular formula is C14H21N3O2. The standard InChI is InChI=1S/C14H21N3O2/c1-3-17-8-7-16(9-11(17)2)10-12-5-4-6-15-13(12)14(18)19/h4-6,11H,3,7-10H2,1-2H3,(H,18,19). The zero-order chi connectivity index (χ0) is 13.8. The predicted octanol–water partition coefficient (Wildman–Crippen LogP) is 1.31. The van der Waals surface area contributed by atoms with Gasteiger partial charge in [0.25, 0.3) is 0 Å². The second-order valence-electron chi connectivity index (χ2n) is 5.03. The van der Waals surface area contributed by atoms with Crippen molar-refractivity contribution < 1.29 is 9.90 Å². The lowest BCUT2D eigenvalue weighted by molar-refractivity contribution is 0.0679. The summed E-state index contributed by atoms with van der Waals surface area (Å²) in [5, 5.41) is 9.14. The number of pyridine rings is 1. The summed E-state index contributed by atoms with van der Waals surface area (Å²) < 4.78 is 0. The average molecular weight is 263 g/mol. The van der Waals surface area contributed by atoms with Gasteiger partial charge in [0.2, 0.25) is 0 Å². The van der Waals surface area contributed by atoms with Gasteiger partial charge in [0.05, 0.1) is 0 Å². The number of nitrogens with zero attached hydrogens (tertiary/aromatic N) is 3. The number of likely N-dealkylation sites (N-methyl/N-ethyl adjacent to an activating group) is 1. The van der Waals surface area contributed by atoms with Crippen molar-refractivity contribution in [1.29, 1.82) is 0 Å². The van der Waals surface area contributed by atoms with Crippen molar-refractivity contribution in [1.82, 2.24) is 14.8 Å². The summed E-state index contributed by atoms with van der Waals surface area (Å²) in [7, 11) is 0. The molecule has 0 radical (unpaired) electrons. The predicted molar refractivity (Wildman–Crippen MR) is 73.2 cm³/mol. The molecule has 5 nitrogen and oxygen atoms in total. The number of carboxylic acids is 1. The lowest BCUT2D eigenvalue weighted by Gasteiger charge is -2.39. The van der Waals surface area contributed by atoms with Crippen molar-refractivity contribution >= 4 is 5.97 Å². The van der Waals surface area contributed by atoms with Gasteiger partial charge in [-0.2, -0.15) is 0 Å². The Morgan fingerprint density at radius 1 is 1.53 bits per heavy atom. The second-order valence-corrected chi connectivity index (χ2v) is 5.03. The summed E-state index contributed by atoms with van der Waals surface area (Å²) in [6.45, 7) is 9.13. The Bertz CT molecular complexity index is 450. The summed E-state index contributed by atoms with van der Waals surface area (Å²) in [6, 6.07) is 4.17. The minimum atomic E-state index is -0.948. The molecule has 1 saturated heterocycles. The fourth-order valence-electron chi connectivity index (χ4n) is 2.68. The molecule has 0 amide bonds. The van der Waals surface area contributed by atoms with Crippen LogP contribution in [0.2, 0.25) is 0 Å². The molecule has 2 rings (SSSR count). The molecule has 1 aromatic rings. The van der Waals surface area contributed by atoms with E-state index < -0.39 is 5.97 Å². The first kappa shape index (κ1) is 14.0. The molecule has 1 aliphatic rings. The van der Waals surface area contributed by atoms with Crippen LogP contribution in [0.15, 0.2) is 18.3 Å². The van der Waals surface area contributed by atoms with E-state index in [0.29, 0.717) is 12.6 Å². The van der Waals surface area contributed by atoms with Crippen LogP contribution >= 0.6 is 0 Å². The zero-order valence-corrected chi connectivity index (χ0v) is 11.5. The monoisotopic (exact) mass is 263 g/mol. The highest BCUT2D eigenvalue weighted by Crippen LogP contribution is 2.14. The molecule has 19 heavy (non-hydrogen) atoms. The molecule has 0 aliphatic carbocycles. The molecule has 1 unspecified atom stereocenters. The van der Waals surface area contributed by atoms with Gasteiger partial charge in [-0.3, -0.25) is 9.80 Å². The van der Waals surface area contributed by atoms with Crippen molar-refractivity contribution in [3.63, 3.8) is 0 Å². The van der Waals surface area contributed by atoms with Crippen LogP contribution in [-0.4, -0.2) is 58.1 Å². The smallest absolute Gasteiger partial charge is 0.354 e. The average Bonchev–Trinajstić information content (AvgIpc) is 2.39. The van der Waals surface area contributed by atoms with E-state index in [2.05, 4.69) is 28.6 Å². The van der Waals surface area contributed by atoms with Gasteiger partial charge >= 0.3 is 5.97 Å². The Morgan fingerprint density at radius 3 is 2.95 bits per heavy atom. The van der Waals surface area contributed by atoms with E-state index in [-0.39, 0.29) is 5.69 Å². The third-order valence-electron chi connectivity index (χ3n) is 3.74.